The van der Waals surface area contributed by atoms with E-state index in [1.54, 1.807) is 0 Å². The van der Waals surface area contributed by atoms with E-state index >= 15 is 0 Å². The molecule has 0 aromatic heterocycles. The normalized spacial score (nSPS) is 4.00. The molecule has 0 aliphatic carbocycles. The molecule has 0 heterocycles. The van der Waals surface area contributed by atoms with Crippen LogP contribution in [0.5, 0.6) is 0 Å². The maximum Gasteiger partial charge on any atom is 1.00 e. The van der Waals surface area contributed by atoms with Crippen molar-refractivity contribution in [2.45, 2.75) is 0 Å². The van der Waals surface area contributed by atoms with Crippen LogP contribution in [0.3, 0.4) is 0 Å². The van der Waals surface area contributed by atoms with Gasteiger partial charge in [0.05, 0.1) is 0 Å². The fraction of sp³-hybridized carbons (Fsp3) is 0. The van der Waals surface area contributed by atoms with E-state index in [1.807, 2.05) is 0 Å². The maximum absolute atomic E-state index is 8.56. The molecule has 0 radical (unpaired) electrons. The number of hydrogen-bond donors (Lipinski definition) is 11. The van der Waals surface area contributed by atoms with Crippen LogP contribution in [0.25, 0.3) is 0 Å². The van der Waals surface area contributed by atoms with Crippen LogP contribution in [0.1, 0.15) is 0 Å². The third-order valence-corrected chi connectivity index (χ3v) is 0. The summed E-state index contributed by atoms with van der Waals surface area (Å²) in [4.78, 5) is 8.56. The van der Waals surface area contributed by atoms with Gasteiger partial charge in [-0.25, -0.2) is 4.79 Å². The number of rotatable bonds is 0. The SMILES string of the molecule is O.O.O.O.O.O.O.O.O.O.O=C(O)O.OB(O)O.OB(O)O.OB(O)O.[Na+].[Na+].[Na+].[O-]B([O-])[O-]. The van der Waals surface area contributed by atoms with Crippen molar-refractivity contribution in [2.24, 2.45) is 0 Å². The van der Waals surface area contributed by atoms with Crippen LogP contribution in [0.15, 0.2) is 0 Å². The average Bonchev–Trinajstić information content (AvgIpc) is 1.94. The Balaban J connectivity index is -0.00000000485. The van der Waals surface area contributed by atoms with Crippen LogP contribution in [-0.4, -0.2) is 146 Å². The maximum atomic E-state index is 8.56. The van der Waals surface area contributed by atoms with Crippen molar-refractivity contribution in [2.75, 3.05) is 0 Å². The molecule has 0 saturated heterocycles. The molecule has 0 fully saturated rings. The summed E-state index contributed by atoms with van der Waals surface area (Å²) in [7, 11) is -9.42. The molecule has 0 saturated carbocycles. The van der Waals surface area contributed by atoms with Crippen LogP contribution >= 0.6 is 0 Å². The van der Waals surface area contributed by atoms with Gasteiger partial charge in [0.15, 0.2) is 0 Å². The van der Waals surface area contributed by atoms with Crippen LogP contribution in [0.2, 0.25) is 0 Å². The van der Waals surface area contributed by atoms with E-state index in [0.717, 1.165) is 0 Å². The number of carboxylic acid groups (broad SMARTS) is 2. The van der Waals surface area contributed by atoms with Crippen molar-refractivity contribution in [3.8, 4) is 0 Å². The molecule has 0 atom stereocenters. The van der Waals surface area contributed by atoms with Gasteiger partial charge in [-0.15, -0.1) is 0 Å². The molecule has 0 bridgehead atoms. The van der Waals surface area contributed by atoms with Gasteiger partial charge in [0, 0.05) is 0 Å². The second kappa shape index (κ2) is 129. The number of hydrogen-bond acceptors (Lipinski definition) is 13. The van der Waals surface area contributed by atoms with Gasteiger partial charge >= 0.3 is 117 Å². The molecule has 31 N–H and O–H groups in total. The summed E-state index contributed by atoms with van der Waals surface area (Å²) < 4.78 is 0. The Morgan fingerprint density at radius 3 is 0.424 bits per heavy atom. The quantitative estimate of drug-likeness (QED) is 0.124. The van der Waals surface area contributed by atoms with Crippen molar-refractivity contribution in [3.63, 3.8) is 0 Å². The first-order valence-electron chi connectivity index (χ1n) is 3.68. The Morgan fingerprint density at radius 1 is 0.424 bits per heavy atom. The molecule has 0 rings (SSSR count). The van der Waals surface area contributed by atoms with Crippen molar-refractivity contribution in [1.29, 1.82) is 0 Å². The van der Waals surface area contributed by atoms with E-state index in [0.29, 0.717) is 0 Å². The molecule has 32 heteroatoms. The standard InChI is InChI=1S/CH2O3.3BH3O3.BO3.3Na.10H2O/c5*2-1(3)4;;;;;;;;;;;;;/h(H2,2,3,4);3*2-4H;;;;;10*1H2/q;;;;-3;3*+1;;;;;;;;;;. The van der Waals surface area contributed by atoms with Gasteiger partial charge in [-0.3, -0.25) is 7.32 Å². The Labute approximate surface area is 252 Å². The van der Waals surface area contributed by atoms with Crippen LogP contribution in [0, 0.1) is 0 Å². The second-order valence-corrected chi connectivity index (χ2v) is 1.61. The van der Waals surface area contributed by atoms with Gasteiger partial charge in [-0.2, -0.15) is 0 Å². The average molecular weight is 555 g/mol. The fourth-order valence-corrected chi connectivity index (χ4v) is 0. The van der Waals surface area contributed by atoms with Crippen LogP contribution < -0.4 is 104 Å². The summed E-state index contributed by atoms with van der Waals surface area (Å²) in [6, 6.07) is 0. The van der Waals surface area contributed by atoms with Gasteiger partial charge in [-0.1, -0.05) is 0 Å². The van der Waals surface area contributed by atoms with Crippen LogP contribution in [-0.2, 0) is 0 Å². The molecule has 0 spiro atoms. The molecule has 0 unspecified atom stereocenters. The Kier molecular flexibility index (Phi) is 555. The molecule has 25 nitrogen and oxygen atoms in total. The molecular formula is CH31B4Na3O25. The zero-order valence-electron chi connectivity index (χ0n) is 17.4. The monoisotopic (exact) mass is 556 g/mol. The first kappa shape index (κ1) is 142. The summed E-state index contributed by atoms with van der Waals surface area (Å²) in [5.41, 5.74) is 0. The van der Waals surface area contributed by atoms with Crippen molar-refractivity contribution in [3.05, 3.63) is 0 Å². The summed E-state index contributed by atoms with van der Waals surface area (Å²) >= 11 is 0. The minimum atomic E-state index is -2.92. The van der Waals surface area contributed by atoms with E-state index in [-0.39, 0.29) is 143 Å². The Morgan fingerprint density at radius 2 is 0.424 bits per heavy atom. The van der Waals surface area contributed by atoms with Crippen LogP contribution in [0.4, 0.5) is 4.79 Å². The summed E-state index contributed by atoms with van der Waals surface area (Å²) in [5.74, 6) is 0. The molecule has 0 aromatic carbocycles. The Hall–Kier alpha value is 1.65. The van der Waals surface area contributed by atoms with Gasteiger partial charge in [0.1, 0.15) is 0 Å². The van der Waals surface area contributed by atoms with E-state index in [4.69, 9.17) is 75.3 Å². The molecule has 0 aromatic rings. The van der Waals surface area contributed by atoms with E-state index in [2.05, 4.69) is 0 Å². The molecule has 0 aliphatic rings. The van der Waals surface area contributed by atoms with E-state index in [9.17, 15) is 0 Å². The molecule has 200 valence electrons. The summed E-state index contributed by atoms with van der Waals surface area (Å²) in [5, 5.41) is 104. The minimum Gasteiger partial charge on any atom is -0.907 e. The largest absolute Gasteiger partial charge is 1.00 e. The van der Waals surface area contributed by atoms with E-state index in [1.165, 1.54) is 0 Å². The molecule has 0 aliphatic heterocycles. The van der Waals surface area contributed by atoms with Gasteiger partial charge in [0.25, 0.3) is 0 Å². The topological polar surface area (TPSA) is 624 Å². The van der Waals surface area contributed by atoms with Gasteiger partial charge in [0.2, 0.25) is 0 Å². The zero-order chi connectivity index (χ0) is 17.9. The van der Waals surface area contributed by atoms with E-state index < -0.39 is 35.4 Å². The van der Waals surface area contributed by atoms with Gasteiger partial charge in [-0.05, 0) is 0 Å². The second-order valence-electron chi connectivity index (χ2n) is 1.61. The Bertz CT molecular complexity index is 137. The molecule has 33 heavy (non-hydrogen) atoms. The minimum absolute atomic E-state index is 0. The predicted molar refractivity (Wildman–Crippen MR) is 89.8 cm³/mol. The fourth-order valence-electron chi connectivity index (χ4n) is 0. The van der Waals surface area contributed by atoms with Crippen molar-refractivity contribution < 1.29 is 219 Å². The zero-order valence-corrected chi connectivity index (χ0v) is 23.4. The number of carbonyl (C=O) groups is 1. The third-order valence-electron chi connectivity index (χ3n) is 0. The third kappa shape index (κ3) is 12400. The molecule has 0 amide bonds. The smallest absolute Gasteiger partial charge is 0.907 e. The van der Waals surface area contributed by atoms with Gasteiger partial charge < -0.3 is 125 Å². The first-order valence-corrected chi connectivity index (χ1v) is 3.68. The van der Waals surface area contributed by atoms with Crippen molar-refractivity contribution >= 4 is 35.4 Å². The predicted octanol–water partition coefficient (Wildman–Crippen LogP) is -27.1. The summed E-state index contributed by atoms with van der Waals surface area (Å²) in [6.07, 6.45) is -1.83. The molecular weight excluding hydrogens is 524 g/mol. The summed E-state index contributed by atoms with van der Waals surface area (Å²) in [6.45, 7) is 0. The first-order chi connectivity index (χ1) is 8.66. The van der Waals surface area contributed by atoms with Crippen molar-refractivity contribution in [1.82, 2.24) is 0 Å².